The van der Waals surface area contributed by atoms with Gasteiger partial charge in [-0.3, -0.25) is 0 Å². The van der Waals surface area contributed by atoms with Crippen molar-refractivity contribution in [3.63, 3.8) is 0 Å². The first-order valence-corrected chi connectivity index (χ1v) is 13.6. The molecular formula is C22H26N2O5S2. The zero-order valence-electron chi connectivity index (χ0n) is 17.2. The Kier molecular flexibility index (Phi) is 5.42. The minimum absolute atomic E-state index is 0.0120. The topological polar surface area (TPSA) is 84.0 Å². The van der Waals surface area contributed by atoms with Crippen LogP contribution in [0.25, 0.3) is 0 Å². The Bertz CT molecular complexity index is 1170. The maximum absolute atomic E-state index is 13.6. The Morgan fingerprint density at radius 1 is 0.839 bits per heavy atom. The Morgan fingerprint density at radius 2 is 1.48 bits per heavy atom. The summed E-state index contributed by atoms with van der Waals surface area (Å²) >= 11 is 0. The van der Waals surface area contributed by atoms with E-state index in [1.165, 1.54) is 34.1 Å². The monoisotopic (exact) mass is 462 g/mol. The first kappa shape index (κ1) is 21.1. The largest absolute Gasteiger partial charge is 0.379 e. The van der Waals surface area contributed by atoms with E-state index >= 15 is 0 Å². The lowest BCUT2D eigenvalue weighted by molar-refractivity contribution is 0.0730. The normalized spacial score (nSPS) is 22.5. The molecule has 7 nitrogen and oxygen atoms in total. The van der Waals surface area contributed by atoms with Crippen LogP contribution in [0.2, 0.25) is 0 Å². The van der Waals surface area contributed by atoms with Gasteiger partial charge >= 0.3 is 0 Å². The zero-order chi connectivity index (χ0) is 21.6. The summed E-state index contributed by atoms with van der Waals surface area (Å²) in [6.45, 7) is 1.34. The van der Waals surface area contributed by atoms with E-state index < -0.39 is 20.0 Å². The van der Waals surface area contributed by atoms with Crippen molar-refractivity contribution in [3.05, 3.63) is 59.7 Å². The van der Waals surface area contributed by atoms with Crippen LogP contribution in [0.1, 0.15) is 36.4 Å². The number of rotatable bonds is 6. The van der Waals surface area contributed by atoms with Gasteiger partial charge in [-0.05, 0) is 61.1 Å². The number of aryl methyl sites for hydroxylation is 1. The van der Waals surface area contributed by atoms with Gasteiger partial charge in [0, 0.05) is 19.1 Å². The average Bonchev–Trinajstić information content (AvgIpc) is 3.53. The van der Waals surface area contributed by atoms with Crippen LogP contribution >= 0.6 is 0 Å². The van der Waals surface area contributed by atoms with E-state index in [4.69, 9.17) is 4.74 Å². The third-order valence-electron chi connectivity index (χ3n) is 6.32. The molecule has 2 aromatic carbocycles. The van der Waals surface area contributed by atoms with E-state index in [9.17, 15) is 16.8 Å². The van der Waals surface area contributed by atoms with Gasteiger partial charge in [0.2, 0.25) is 20.0 Å². The van der Waals surface area contributed by atoms with E-state index in [0.717, 1.165) is 31.2 Å². The van der Waals surface area contributed by atoms with Crippen molar-refractivity contribution < 1.29 is 21.6 Å². The van der Waals surface area contributed by atoms with Gasteiger partial charge in [0.05, 0.1) is 29.0 Å². The van der Waals surface area contributed by atoms with Gasteiger partial charge in [-0.1, -0.05) is 24.3 Å². The summed E-state index contributed by atoms with van der Waals surface area (Å²) in [4.78, 5) is 0.252. The molecule has 2 fully saturated rings. The Balaban J connectivity index is 1.45. The number of sulfonamides is 2. The van der Waals surface area contributed by atoms with Gasteiger partial charge in [-0.15, -0.1) is 0 Å². The molecule has 0 radical (unpaired) electrons. The Morgan fingerprint density at radius 3 is 2.16 bits per heavy atom. The molecule has 1 saturated heterocycles. The molecule has 0 aromatic heterocycles. The maximum atomic E-state index is 13.6. The highest BCUT2D eigenvalue weighted by atomic mass is 32.2. The molecule has 0 bridgehead atoms. The Labute approximate surface area is 183 Å². The number of nitrogens with zero attached hydrogens (tertiary/aromatic N) is 2. The summed E-state index contributed by atoms with van der Waals surface area (Å²) in [5.74, 6) is 0. The highest BCUT2D eigenvalue weighted by Crippen LogP contribution is 2.45. The molecule has 2 aliphatic carbocycles. The van der Waals surface area contributed by atoms with Crippen LogP contribution in [0, 0.1) is 0 Å². The second-order valence-corrected chi connectivity index (χ2v) is 12.1. The summed E-state index contributed by atoms with van der Waals surface area (Å²) in [7, 11) is -7.41. The molecule has 9 heteroatoms. The van der Waals surface area contributed by atoms with Crippen LogP contribution in [-0.4, -0.2) is 57.8 Å². The number of fused-ring (bicyclic) bond motifs is 1. The molecule has 0 amide bonds. The third kappa shape index (κ3) is 3.82. The fourth-order valence-electron chi connectivity index (χ4n) is 4.59. The molecule has 5 rings (SSSR count). The van der Waals surface area contributed by atoms with E-state index in [-0.39, 0.29) is 21.9 Å². The maximum Gasteiger partial charge on any atom is 0.243 e. The van der Waals surface area contributed by atoms with E-state index in [1.807, 2.05) is 18.2 Å². The molecule has 1 saturated carbocycles. The van der Waals surface area contributed by atoms with E-state index in [0.29, 0.717) is 26.3 Å². The van der Waals surface area contributed by atoms with Crippen LogP contribution in [0.15, 0.2) is 58.3 Å². The minimum Gasteiger partial charge on any atom is -0.379 e. The van der Waals surface area contributed by atoms with Crippen LogP contribution in [0.3, 0.4) is 0 Å². The molecule has 0 spiro atoms. The number of ether oxygens (including phenoxy) is 1. The molecule has 166 valence electrons. The van der Waals surface area contributed by atoms with Crippen molar-refractivity contribution in [3.8, 4) is 0 Å². The highest BCUT2D eigenvalue weighted by Gasteiger charge is 2.45. The third-order valence-corrected chi connectivity index (χ3v) is 10.2. The number of hydrogen-bond donors (Lipinski definition) is 0. The zero-order valence-corrected chi connectivity index (χ0v) is 18.8. The molecule has 1 unspecified atom stereocenters. The van der Waals surface area contributed by atoms with Crippen molar-refractivity contribution in [2.45, 2.75) is 47.6 Å². The lowest BCUT2D eigenvalue weighted by atomic mass is 10.1. The first-order chi connectivity index (χ1) is 14.9. The molecule has 1 atom stereocenters. The second kappa shape index (κ2) is 7.97. The molecule has 1 aliphatic heterocycles. The van der Waals surface area contributed by atoms with Crippen molar-refractivity contribution in [1.82, 2.24) is 8.61 Å². The Hall–Kier alpha value is -1.78. The quantitative estimate of drug-likeness (QED) is 0.659. The van der Waals surface area contributed by atoms with Crippen LogP contribution in [0.5, 0.6) is 0 Å². The first-order valence-electron chi connectivity index (χ1n) is 10.7. The van der Waals surface area contributed by atoms with Crippen molar-refractivity contribution in [1.29, 1.82) is 0 Å². The molecule has 3 aliphatic rings. The van der Waals surface area contributed by atoms with Crippen LogP contribution in [-0.2, 0) is 31.2 Å². The summed E-state index contributed by atoms with van der Waals surface area (Å²) in [6.07, 6.45) is 3.37. The lowest BCUT2D eigenvalue weighted by Crippen LogP contribution is -2.40. The van der Waals surface area contributed by atoms with Gasteiger partial charge in [0.15, 0.2) is 0 Å². The van der Waals surface area contributed by atoms with Crippen LogP contribution < -0.4 is 0 Å². The minimum atomic E-state index is -3.75. The van der Waals surface area contributed by atoms with Gasteiger partial charge in [0.1, 0.15) is 0 Å². The molecule has 0 N–H and O–H groups in total. The predicted molar refractivity (Wildman–Crippen MR) is 116 cm³/mol. The van der Waals surface area contributed by atoms with Gasteiger partial charge in [-0.2, -0.15) is 8.61 Å². The summed E-state index contributed by atoms with van der Waals surface area (Å²) in [5, 5.41) is 0. The summed E-state index contributed by atoms with van der Waals surface area (Å²) < 4.78 is 61.2. The summed E-state index contributed by atoms with van der Waals surface area (Å²) in [6, 6.07) is 13.6. The molecule has 2 aromatic rings. The standard InChI is InChI=1S/C22H26N2O5S2/c25-30(26,23-13-15-29-16-14-23)19-8-10-20(11-9-19)31(27,28)24(18-6-7-18)22-12-5-17-3-1-2-4-21(17)22/h1-4,8-11,18,22H,5-7,12-16H2. The number of morpholine rings is 1. The fraction of sp³-hybridized carbons (Fsp3) is 0.455. The highest BCUT2D eigenvalue weighted by molar-refractivity contribution is 7.89. The van der Waals surface area contributed by atoms with Gasteiger partial charge < -0.3 is 4.74 Å². The average molecular weight is 463 g/mol. The number of benzene rings is 2. The fourth-order valence-corrected chi connectivity index (χ4v) is 7.88. The number of hydrogen-bond acceptors (Lipinski definition) is 5. The van der Waals surface area contributed by atoms with Crippen molar-refractivity contribution in [2.75, 3.05) is 26.3 Å². The van der Waals surface area contributed by atoms with E-state index in [1.54, 1.807) is 4.31 Å². The predicted octanol–water partition coefficient (Wildman–Crippen LogP) is 2.55. The molecular weight excluding hydrogens is 436 g/mol. The van der Waals surface area contributed by atoms with E-state index in [2.05, 4.69) is 6.07 Å². The molecule has 31 heavy (non-hydrogen) atoms. The van der Waals surface area contributed by atoms with Crippen LogP contribution in [0.4, 0.5) is 0 Å². The van der Waals surface area contributed by atoms with Gasteiger partial charge in [-0.25, -0.2) is 16.8 Å². The lowest BCUT2D eigenvalue weighted by Gasteiger charge is -2.29. The van der Waals surface area contributed by atoms with Crippen molar-refractivity contribution in [2.24, 2.45) is 0 Å². The van der Waals surface area contributed by atoms with Crippen molar-refractivity contribution >= 4 is 20.0 Å². The SMILES string of the molecule is O=S(=O)(c1ccc(S(=O)(=O)N(C2CC2)C2CCc3ccccc32)cc1)N1CCOCC1. The van der Waals surface area contributed by atoms with Gasteiger partial charge in [0.25, 0.3) is 0 Å². The molecule has 1 heterocycles. The second-order valence-electron chi connectivity index (χ2n) is 8.31. The smallest absolute Gasteiger partial charge is 0.243 e. The summed E-state index contributed by atoms with van der Waals surface area (Å²) in [5.41, 5.74) is 2.30.